The Labute approximate surface area is 178 Å². The maximum atomic E-state index is 12.8. The molecule has 5 rings (SSSR count). The van der Waals surface area contributed by atoms with Gasteiger partial charge in [0.15, 0.2) is 6.10 Å². The van der Waals surface area contributed by atoms with Crippen molar-refractivity contribution in [2.75, 3.05) is 16.8 Å². The van der Waals surface area contributed by atoms with Gasteiger partial charge in [-0.2, -0.15) is 0 Å². The number of carbonyl (C=O) groups is 2. The molecule has 4 aromatic rings. The number of fused-ring (bicyclic) bond motifs is 2. The Morgan fingerprint density at radius 2 is 1.77 bits per heavy atom. The number of nitrogens with zero attached hydrogens (tertiary/aromatic N) is 2. The van der Waals surface area contributed by atoms with E-state index >= 15 is 0 Å². The van der Waals surface area contributed by atoms with Gasteiger partial charge in [0, 0.05) is 18.2 Å². The number of anilines is 2. The van der Waals surface area contributed by atoms with Crippen LogP contribution in [0.15, 0.2) is 72.8 Å². The SMILES string of the molecule is CC(=O)N1CC(C(=O)Nc2ccc(-c3nc4ccccc4[nH]3)cc2)Oc2ccccc21. The highest BCUT2D eigenvalue weighted by Crippen LogP contribution is 2.33. The molecular weight excluding hydrogens is 392 g/mol. The van der Waals surface area contributed by atoms with Gasteiger partial charge in [-0.15, -0.1) is 0 Å². The Morgan fingerprint density at radius 1 is 1.03 bits per heavy atom. The van der Waals surface area contributed by atoms with Gasteiger partial charge in [0.25, 0.3) is 5.91 Å². The number of hydrogen-bond acceptors (Lipinski definition) is 4. The standard InChI is InChI=1S/C24H20N4O3/c1-15(29)28-14-22(31-21-9-5-4-8-20(21)28)24(30)25-17-12-10-16(11-13-17)23-26-18-6-2-3-7-19(18)27-23/h2-13,22H,14H2,1H3,(H,25,30)(H,26,27). The Hall–Kier alpha value is -4.13. The van der Waals surface area contributed by atoms with E-state index in [-0.39, 0.29) is 18.4 Å². The van der Waals surface area contributed by atoms with Crippen molar-refractivity contribution in [1.82, 2.24) is 9.97 Å². The van der Waals surface area contributed by atoms with E-state index in [1.54, 1.807) is 11.0 Å². The largest absolute Gasteiger partial charge is 0.476 e. The summed E-state index contributed by atoms with van der Waals surface area (Å²) in [6, 6.07) is 22.5. The summed E-state index contributed by atoms with van der Waals surface area (Å²) in [4.78, 5) is 34.3. The maximum absolute atomic E-state index is 12.8. The molecule has 0 spiro atoms. The minimum absolute atomic E-state index is 0.135. The number of imidazole rings is 1. The lowest BCUT2D eigenvalue weighted by atomic mass is 10.1. The molecule has 0 saturated heterocycles. The van der Waals surface area contributed by atoms with Crippen LogP contribution in [0, 0.1) is 0 Å². The first-order valence-corrected chi connectivity index (χ1v) is 9.98. The molecule has 1 aliphatic heterocycles. The molecule has 2 N–H and O–H groups in total. The predicted molar refractivity (Wildman–Crippen MR) is 119 cm³/mol. The van der Waals surface area contributed by atoms with Crippen molar-refractivity contribution in [3.8, 4) is 17.1 Å². The molecule has 1 aliphatic rings. The van der Waals surface area contributed by atoms with Crippen molar-refractivity contribution >= 4 is 34.2 Å². The fourth-order valence-corrected chi connectivity index (χ4v) is 3.69. The van der Waals surface area contributed by atoms with Crippen molar-refractivity contribution in [3.63, 3.8) is 0 Å². The van der Waals surface area contributed by atoms with Crippen molar-refractivity contribution in [2.45, 2.75) is 13.0 Å². The third kappa shape index (κ3) is 3.61. The lowest BCUT2D eigenvalue weighted by Gasteiger charge is -2.33. The molecule has 1 aromatic heterocycles. The van der Waals surface area contributed by atoms with Crippen LogP contribution in [-0.4, -0.2) is 34.4 Å². The lowest BCUT2D eigenvalue weighted by molar-refractivity contribution is -0.123. The second-order valence-corrected chi connectivity index (χ2v) is 7.37. The number of para-hydroxylation sites is 4. The van der Waals surface area contributed by atoms with Crippen LogP contribution in [-0.2, 0) is 9.59 Å². The topological polar surface area (TPSA) is 87.3 Å². The van der Waals surface area contributed by atoms with Crippen molar-refractivity contribution < 1.29 is 14.3 Å². The van der Waals surface area contributed by atoms with Gasteiger partial charge in [-0.3, -0.25) is 9.59 Å². The Morgan fingerprint density at radius 3 is 2.55 bits per heavy atom. The van der Waals surface area contributed by atoms with Crippen LogP contribution in [0.4, 0.5) is 11.4 Å². The van der Waals surface area contributed by atoms with Gasteiger partial charge in [0.1, 0.15) is 11.6 Å². The maximum Gasteiger partial charge on any atom is 0.267 e. The van der Waals surface area contributed by atoms with E-state index in [9.17, 15) is 9.59 Å². The van der Waals surface area contributed by atoms with Crippen LogP contribution < -0.4 is 15.0 Å². The van der Waals surface area contributed by atoms with Gasteiger partial charge in [0.2, 0.25) is 5.91 Å². The number of carbonyl (C=O) groups excluding carboxylic acids is 2. The van der Waals surface area contributed by atoms with Gasteiger partial charge in [-0.1, -0.05) is 24.3 Å². The number of nitrogens with one attached hydrogen (secondary N) is 2. The number of rotatable bonds is 3. The summed E-state index contributed by atoms with van der Waals surface area (Å²) in [6.07, 6.45) is -0.797. The molecule has 0 saturated carbocycles. The quantitative estimate of drug-likeness (QED) is 0.533. The Balaban J connectivity index is 1.32. The Kier molecular flexibility index (Phi) is 4.63. The van der Waals surface area contributed by atoms with E-state index in [4.69, 9.17) is 4.74 Å². The molecule has 1 unspecified atom stereocenters. The second kappa shape index (κ2) is 7.60. The molecule has 2 amide bonds. The number of H-pyrrole nitrogens is 1. The van der Waals surface area contributed by atoms with Gasteiger partial charge in [-0.25, -0.2) is 4.98 Å². The number of hydrogen-bond donors (Lipinski definition) is 2. The molecule has 7 nitrogen and oxygen atoms in total. The lowest BCUT2D eigenvalue weighted by Crippen LogP contribution is -2.48. The first kappa shape index (κ1) is 18.9. The van der Waals surface area contributed by atoms with Crippen LogP contribution in [0.5, 0.6) is 5.75 Å². The zero-order chi connectivity index (χ0) is 21.4. The van der Waals surface area contributed by atoms with Gasteiger partial charge < -0.3 is 19.9 Å². The molecule has 1 atom stereocenters. The first-order valence-electron chi connectivity index (χ1n) is 9.98. The number of aromatic nitrogens is 2. The third-order valence-corrected chi connectivity index (χ3v) is 5.26. The first-order chi connectivity index (χ1) is 15.1. The molecule has 7 heteroatoms. The van der Waals surface area contributed by atoms with Crippen LogP contribution in [0.1, 0.15) is 6.92 Å². The van der Waals surface area contributed by atoms with Gasteiger partial charge in [-0.05, 0) is 48.5 Å². The molecule has 2 heterocycles. The van der Waals surface area contributed by atoms with Crippen molar-refractivity contribution in [1.29, 1.82) is 0 Å². The summed E-state index contributed by atoms with van der Waals surface area (Å²) in [5.41, 5.74) is 4.11. The van der Waals surface area contributed by atoms with Gasteiger partial charge >= 0.3 is 0 Å². The van der Waals surface area contributed by atoms with E-state index < -0.39 is 6.10 Å². The predicted octanol–water partition coefficient (Wildman–Crippen LogP) is 3.98. The van der Waals surface area contributed by atoms with Crippen LogP contribution in [0.2, 0.25) is 0 Å². The average Bonchev–Trinajstić information content (AvgIpc) is 3.23. The fourth-order valence-electron chi connectivity index (χ4n) is 3.69. The van der Waals surface area contributed by atoms with Crippen molar-refractivity contribution in [3.05, 3.63) is 72.8 Å². The minimum atomic E-state index is -0.797. The summed E-state index contributed by atoms with van der Waals surface area (Å²) >= 11 is 0. The summed E-state index contributed by atoms with van der Waals surface area (Å²) in [5.74, 6) is 0.841. The molecule has 31 heavy (non-hydrogen) atoms. The highest BCUT2D eigenvalue weighted by molar-refractivity contribution is 5.99. The van der Waals surface area contributed by atoms with E-state index in [1.807, 2.05) is 66.7 Å². The summed E-state index contributed by atoms with van der Waals surface area (Å²) < 4.78 is 5.85. The van der Waals surface area contributed by atoms with Gasteiger partial charge in [0.05, 0.1) is 23.3 Å². The smallest absolute Gasteiger partial charge is 0.267 e. The molecule has 0 radical (unpaired) electrons. The fraction of sp³-hybridized carbons (Fsp3) is 0.125. The normalized spacial score (nSPS) is 15.3. The van der Waals surface area contributed by atoms with Crippen LogP contribution in [0.25, 0.3) is 22.4 Å². The molecule has 0 bridgehead atoms. The van der Waals surface area contributed by atoms with Crippen LogP contribution >= 0.6 is 0 Å². The third-order valence-electron chi connectivity index (χ3n) is 5.26. The minimum Gasteiger partial charge on any atom is -0.476 e. The van der Waals surface area contributed by atoms with E-state index in [0.29, 0.717) is 17.1 Å². The number of benzene rings is 3. The highest BCUT2D eigenvalue weighted by Gasteiger charge is 2.32. The average molecular weight is 412 g/mol. The monoisotopic (exact) mass is 412 g/mol. The molecule has 0 fully saturated rings. The highest BCUT2D eigenvalue weighted by atomic mass is 16.5. The number of ether oxygens (including phenoxy) is 1. The number of aromatic amines is 1. The second-order valence-electron chi connectivity index (χ2n) is 7.37. The summed E-state index contributed by atoms with van der Waals surface area (Å²) in [5, 5.41) is 2.87. The molecule has 3 aromatic carbocycles. The van der Waals surface area contributed by atoms with E-state index in [2.05, 4.69) is 15.3 Å². The molecule has 0 aliphatic carbocycles. The summed E-state index contributed by atoms with van der Waals surface area (Å²) in [6.45, 7) is 1.64. The molecule has 154 valence electrons. The van der Waals surface area contributed by atoms with E-state index in [1.165, 1.54) is 6.92 Å². The zero-order valence-electron chi connectivity index (χ0n) is 16.8. The summed E-state index contributed by atoms with van der Waals surface area (Å²) in [7, 11) is 0. The van der Waals surface area contributed by atoms with Crippen LogP contribution in [0.3, 0.4) is 0 Å². The Bertz CT molecular complexity index is 1250. The van der Waals surface area contributed by atoms with E-state index in [0.717, 1.165) is 22.4 Å². The molecular formula is C24H20N4O3. The van der Waals surface area contributed by atoms with Crippen molar-refractivity contribution in [2.24, 2.45) is 0 Å². The number of amides is 2. The zero-order valence-corrected chi connectivity index (χ0v) is 16.8.